The normalized spacial score (nSPS) is 12.0. The van der Waals surface area contributed by atoms with Crippen LogP contribution in [0.15, 0.2) is 59.4 Å². The summed E-state index contributed by atoms with van der Waals surface area (Å²) in [6, 6.07) is 9.89. The lowest BCUT2D eigenvalue weighted by Crippen LogP contribution is -2.28. The van der Waals surface area contributed by atoms with Gasteiger partial charge in [-0.2, -0.15) is 31.6 Å². The predicted octanol–water partition coefficient (Wildman–Crippen LogP) is 8.27. The zero-order valence-corrected chi connectivity index (χ0v) is 21.9. The van der Waals surface area contributed by atoms with E-state index in [-0.39, 0.29) is 32.3 Å². The van der Waals surface area contributed by atoms with Gasteiger partial charge in [-0.25, -0.2) is 8.78 Å². The summed E-state index contributed by atoms with van der Waals surface area (Å²) in [6.07, 6.45) is -10.3. The van der Waals surface area contributed by atoms with Crippen LogP contribution in [0, 0.1) is 23.0 Å². The molecule has 0 atom stereocenters. The number of aromatic nitrogens is 1. The Balaban J connectivity index is 1.93. The standard InChI is InChI=1S/C28H18F8N2O2S/c1-14(2)40-19-8-16(7-17(9-19)27(31,32)33)24-5-6-25(41-24)23-11-21(28(34,35)36)20(12-37)26(39)38(23)13-15-3-4-18(29)10-22(15)30/h3-11,14H,13H2,1-2H3. The minimum absolute atomic E-state index is 0.0124. The summed E-state index contributed by atoms with van der Waals surface area (Å²) >= 11 is 0.772. The first-order chi connectivity index (χ1) is 19.1. The van der Waals surface area contributed by atoms with Gasteiger partial charge in [0, 0.05) is 16.5 Å². The Morgan fingerprint density at radius 2 is 1.61 bits per heavy atom. The monoisotopic (exact) mass is 598 g/mol. The molecule has 0 bridgehead atoms. The van der Waals surface area contributed by atoms with E-state index in [1.807, 2.05) is 0 Å². The second-order valence-electron chi connectivity index (χ2n) is 9.13. The molecule has 41 heavy (non-hydrogen) atoms. The van der Waals surface area contributed by atoms with Gasteiger partial charge >= 0.3 is 12.4 Å². The van der Waals surface area contributed by atoms with Gasteiger partial charge in [-0.15, -0.1) is 11.3 Å². The van der Waals surface area contributed by atoms with Crippen molar-refractivity contribution in [1.29, 1.82) is 5.26 Å². The Morgan fingerprint density at radius 3 is 2.20 bits per heavy atom. The molecule has 0 saturated heterocycles. The van der Waals surface area contributed by atoms with Crippen LogP contribution in [-0.4, -0.2) is 10.7 Å². The Bertz CT molecular complexity index is 1710. The van der Waals surface area contributed by atoms with Crippen LogP contribution in [0.4, 0.5) is 35.1 Å². The minimum Gasteiger partial charge on any atom is -0.491 e. The van der Waals surface area contributed by atoms with Gasteiger partial charge in [0.05, 0.1) is 34.3 Å². The summed E-state index contributed by atoms with van der Waals surface area (Å²) < 4.78 is 116. The molecule has 0 radical (unpaired) electrons. The predicted molar refractivity (Wildman–Crippen MR) is 135 cm³/mol. The SMILES string of the molecule is CC(C)Oc1cc(-c2ccc(-c3cc(C(F)(F)F)c(C#N)c(=O)n3Cc3ccc(F)cc3F)s2)cc(C(F)(F)F)c1. The molecule has 0 amide bonds. The third-order valence-corrected chi connectivity index (χ3v) is 6.97. The number of alkyl halides is 6. The van der Waals surface area contributed by atoms with Crippen molar-refractivity contribution in [2.45, 2.75) is 38.8 Å². The molecule has 0 aliphatic heterocycles. The summed E-state index contributed by atoms with van der Waals surface area (Å²) in [5.74, 6) is -2.08. The fourth-order valence-corrected chi connectivity index (χ4v) is 5.05. The molecule has 4 aromatic rings. The zero-order chi connectivity index (χ0) is 30.3. The smallest absolute Gasteiger partial charge is 0.417 e. The first-order valence-corrected chi connectivity index (χ1v) is 12.6. The van der Waals surface area contributed by atoms with Gasteiger partial charge < -0.3 is 9.30 Å². The van der Waals surface area contributed by atoms with Crippen molar-refractivity contribution in [3.05, 3.63) is 98.8 Å². The highest BCUT2D eigenvalue weighted by molar-refractivity contribution is 7.18. The van der Waals surface area contributed by atoms with Gasteiger partial charge in [0.1, 0.15) is 29.0 Å². The van der Waals surface area contributed by atoms with Crippen molar-refractivity contribution in [1.82, 2.24) is 4.57 Å². The fourth-order valence-electron chi connectivity index (χ4n) is 4.04. The quantitative estimate of drug-likeness (QED) is 0.210. The van der Waals surface area contributed by atoms with E-state index in [1.54, 1.807) is 13.8 Å². The van der Waals surface area contributed by atoms with Gasteiger partial charge in [-0.1, -0.05) is 6.07 Å². The van der Waals surface area contributed by atoms with E-state index in [9.17, 15) is 45.2 Å². The molecule has 214 valence electrons. The lowest BCUT2D eigenvalue weighted by molar-refractivity contribution is -0.138. The number of hydrogen-bond donors (Lipinski definition) is 0. The zero-order valence-electron chi connectivity index (χ0n) is 21.1. The summed E-state index contributed by atoms with van der Waals surface area (Å²) in [5, 5.41) is 9.35. The van der Waals surface area contributed by atoms with Crippen molar-refractivity contribution in [2.75, 3.05) is 0 Å². The lowest BCUT2D eigenvalue weighted by Gasteiger charge is -2.17. The molecule has 4 rings (SSSR count). The second kappa shape index (κ2) is 11.0. The Labute approximate surface area is 231 Å². The maximum atomic E-state index is 14.4. The Morgan fingerprint density at radius 1 is 0.927 bits per heavy atom. The largest absolute Gasteiger partial charge is 0.491 e. The first kappa shape index (κ1) is 29.8. The number of thiophene rings is 1. The topological polar surface area (TPSA) is 55.0 Å². The van der Waals surface area contributed by atoms with Gasteiger partial charge in [0.2, 0.25) is 0 Å². The van der Waals surface area contributed by atoms with Crippen LogP contribution in [0.5, 0.6) is 5.75 Å². The number of halogens is 8. The van der Waals surface area contributed by atoms with Crippen LogP contribution in [0.1, 0.15) is 36.1 Å². The highest BCUT2D eigenvalue weighted by atomic mass is 32.1. The highest BCUT2D eigenvalue weighted by Crippen LogP contribution is 2.41. The van der Waals surface area contributed by atoms with E-state index >= 15 is 0 Å². The molecule has 2 heterocycles. The average Bonchev–Trinajstić information content (AvgIpc) is 3.35. The third kappa shape index (κ3) is 6.43. The van der Waals surface area contributed by atoms with E-state index in [4.69, 9.17) is 4.74 Å². The molecule has 0 fully saturated rings. The number of hydrogen-bond acceptors (Lipinski definition) is 4. The fraction of sp³-hybridized carbons (Fsp3) is 0.214. The van der Waals surface area contributed by atoms with Crippen molar-refractivity contribution in [3.8, 4) is 32.8 Å². The van der Waals surface area contributed by atoms with Crippen LogP contribution in [0.2, 0.25) is 0 Å². The third-order valence-electron chi connectivity index (χ3n) is 5.81. The first-order valence-electron chi connectivity index (χ1n) is 11.8. The minimum atomic E-state index is -5.11. The molecule has 0 saturated carbocycles. The lowest BCUT2D eigenvalue weighted by atomic mass is 10.1. The summed E-state index contributed by atoms with van der Waals surface area (Å²) in [4.78, 5) is 13.3. The van der Waals surface area contributed by atoms with E-state index in [0.717, 1.165) is 40.2 Å². The van der Waals surface area contributed by atoms with Gasteiger partial charge in [-0.3, -0.25) is 4.79 Å². The van der Waals surface area contributed by atoms with Crippen LogP contribution in [0.25, 0.3) is 21.0 Å². The Kier molecular flexibility index (Phi) is 8.00. The molecule has 13 heteroatoms. The van der Waals surface area contributed by atoms with E-state index in [0.29, 0.717) is 12.1 Å². The Hall–Kier alpha value is -4.18. The van der Waals surface area contributed by atoms with E-state index < -0.39 is 58.9 Å². The maximum absolute atomic E-state index is 14.4. The summed E-state index contributed by atoms with van der Waals surface area (Å²) in [6.45, 7) is 2.58. The molecular weight excluding hydrogens is 580 g/mol. The maximum Gasteiger partial charge on any atom is 0.417 e. The second-order valence-corrected chi connectivity index (χ2v) is 10.2. The molecule has 2 aromatic carbocycles. The van der Waals surface area contributed by atoms with Crippen LogP contribution < -0.4 is 10.3 Å². The van der Waals surface area contributed by atoms with E-state index in [1.165, 1.54) is 24.3 Å². The number of ether oxygens (including phenoxy) is 1. The van der Waals surface area contributed by atoms with E-state index in [2.05, 4.69) is 0 Å². The number of rotatable bonds is 6. The molecular formula is C28H18F8N2O2S. The van der Waals surface area contributed by atoms with Crippen LogP contribution in [0.3, 0.4) is 0 Å². The molecule has 0 aliphatic carbocycles. The van der Waals surface area contributed by atoms with Crippen molar-refractivity contribution < 1.29 is 39.9 Å². The molecule has 2 aromatic heterocycles. The molecule has 0 spiro atoms. The molecule has 0 unspecified atom stereocenters. The average molecular weight is 599 g/mol. The van der Waals surface area contributed by atoms with Crippen molar-refractivity contribution in [3.63, 3.8) is 0 Å². The summed E-state index contributed by atoms with van der Waals surface area (Å²) in [5.41, 5.74) is -5.71. The number of nitriles is 1. The highest BCUT2D eigenvalue weighted by Gasteiger charge is 2.37. The molecule has 0 N–H and O–H groups in total. The van der Waals surface area contributed by atoms with Crippen molar-refractivity contribution in [2.24, 2.45) is 0 Å². The van der Waals surface area contributed by atoms with Gasteiger partial charge in [-0.05, 0) is 61.9 Å². The van der Waals surface area contributed by atoms with Gasteiger partial charge in [0.25, 0.3) is 5.56 Å². The number of nitrogens with zero attached hydrogens (tertiary/aromatic N) is 2. The summed E-state index contributed by atoms with van der Waals surface area (Å²) in [7, 11) is 0. The van der Waals surface area contributed by atoms with Crippen LogP contribution in [-0.2, 0) is 18.9 Å². The van der Waals surface area contributed by atoms with Gasteiger partial charge in [0.15, 0.2) is 0 Å². The molecule has 4 nitrogen and oxygen atoms in total. The molecule has 0 aliphatic rings. The van der Waals surface area contributed by atoms with Crippen LogP contribution >= 0.6 is 11.3 Å². The van der Waals surface area contributed by atoms with Crippen molar-refractivity contribution >= 4 is 11.3 Å². The number of benzene rings is 2. The number of pyridine rings is 1.